The fourth-order valence-electron chi connectivity index (χ4n) is 1.39. The lowest BCUT2D eigenvalue weighted by atomic mass is 9.87. The topological polar surface area (TPSA) is 46.5 Å². The van der Waals surface area contributed by atoms with Crippen LogP contribution in [0.5, 0.6) is 0 Å². The van der Waals surface area contributed by atoms with Crippen LogP contribution < -0.4 is 0 Å². The Labute approximate surface area is 102 Å². The van der Waals surface area contributed by atoms with Crippen molar-refractivity contribution in [2.45, 2.75) is 45.8 Å². The summed E-state index contributed by atoms with van der Waals surface area (Å²) in [5.41, 5.74) is 2.38. The third-order valence-corrected chi connectivity index (χ3v) is 2.67. The number of carboxylic acids is 1. The molecule has 0 aliphatic carbocycles. The minimum absolute atomic E-state index is 0.133. The number of aliphatic carboxylic acids is 1. The third-order valence-electron chi connectivity index (χ3n) is 2.67. The molecule has 0 aliphatic heterocycles. The molecule has 0 aromatic heterocycles. The minimum Gasteiger partial charge on any atom is -0.479 e. The molecule has 3 heteroatoms. The number of ether oxygens (including phenoxy) is 1. The van der Waals surface area contributed by atoms with E-state index < -0.39 is 12.1 Å². The number of benzene rings is 1. The van der Waals surface area contributed by atoms with Crippen molar-refractivity contribution in [3.63, 3.8) is 0 Å². The van der Waals surface area contributed by atoms with Crippen LogP contribution in [0, 0.1) is 0 Å². The average molecular weight is 236 g/mol. The van der Waals surface area contributed by atoms with Crippen molar-refractivity contribution in [2.75, 3.05) is 0 Å². The standard InChI is InChI=1S/C14H20O3/c1-10(13(15)16)17-9-11-5-7-12(8-6-11)14(2,3)4/h5-8,10H,9H2,1-4H3,(H,15,16)/t10-/m0/s1. The van der Waals surface area contributed by atoms with Crippen molar-refractivity contribution in [1.29, 1.82) is 0 Å². The van der Waals surface area contributed by atoms with E-state index in [0.717, 1.165) is 5.56 Å². The quantitative estimate of drug-likeness (QED) is 0.874. The second-order valence-electron chi connectivity index (χ2n) is 5.24. The zero-order valence-electron chi connectivity index (χ0n) is 10.9. The Bertz CT molecular complexity index is 373. The van der Waals surface area contributed by atoms with Crippen LogP contribution >= 0.6 is 0 Å². The number of hydrogen-bond donors (Lipinski definition) is 1. The molecule has 0 fully saturated rings. The first-order valence-electron chi connectivity index (χ1n) is 5.74. The molecule has 0 aliphatic rings. The molecule has 0 unspecified atom stereocenters. The molecule has 0 heterocycles. The lowest BCUT2D eigenvalue weighted by Crippen LogP contribution is -2.19. The zero-order chi connectivity index (χ0) is 13.1. The first-order chi connectivity index (χ1) is 7.80. The summed E-state index contributed by atoms with van der Waals surface area (Å²) in [6.07, 6.45) is -0.766. The van der Waals surface area contributed by atoms with Crippen molar-refractivity contribution in [3.8, 4) is 0 Å². The van der Waals surface area contributed by atoms with E-state index in [-0.39, 0.29) is 5.41 Å². The van der Waals surface area contributed by atoms with E-state index in [2.05, 4.69) is 32.9 Å². The number of rotatable bonds is 4. The average Bonchev–Trinajstić information content (AvgIpc) is 2.25. The largest absolute Gasteiger partial charge is 0.479 e. The Balaban J connectivity index is 2.60. The Hall–Kier alpha value is -1.35. The molecule has 0 spiro atoms. The fraction of sp³-hybridized carbons (Fsp3) is 0.500. The molecule has 1 aromatic carbocycles. The number of carboxylic acid groups (broad SMARTS) is 1. The molecule has 1 N–H and O–H groups in total. The molecule has 3 nitrogen and oxygen atoms in total. The maximum Gasteiger partial charge on any atom is 0.332 e. The molecule has 0 radical (unpaired) electrons. The first kappa shape index (κ1) is 13.7. The van der Waals surface area contributed by atoms with Crippen molar-refractivity contribution in [3.05, 3.63) is 35.4 Å². The monoisotopic (exact) mass is 236 g/mol. The van der Waals surface area contributed by atoms with Gasteiger partial charge in [0.05, 0.1) is 6.61 Å². The normalized spacial score (nSPS) is 13.4. The smallest absolute Gasteiger partial charge is 0.332 e. The summed E-state index contributed by atoms with van der Waals surface area (Å²) in [7, 11) is 0. The van der Waals surface area contributed by atoms with Crippen LogP contribution in [0.4, 0.5) is 0 Å². The molecule has 1 aromatic rings. The van der Waals surface area contributed by atoms with Gasteiger partial charge in [0.15, 0.2) is 6.10 Å². The maximum absolute atomic E-state index is 10.6. The number of carbonyl (C=O) groups is 1. The molecule has 0 bridgehead atoms. The highest BCUT2D eigenvalue weighted by atomic mass is 16.5. The second kappa shape index (κ2) is 5.32. The summed E-state index contributed by atoms with van der Waals surface area (Å²) >= 11 is 0. The van der Waals surface area contributed by atoms with Crippen molar-refractivity contribution in [1.82, 2.24) is 0 Å². The molecular weight excluding hydrogens is 216 g/mol. The van der Waals surface area contributed by atoms with Crippen LogP contribution in [0.3, 0.4) is 0 Å². The Kier molecular flexibility index (Phi) is 4.29. The number of hydrogen-bond acceptors (Lipinski definition) is 2. The van der Waals surface area contributed by atoms with E-state index in [1.807, 2.05) is 12.1 Å². The zero-order valence-corrected chi connectivity index (χ0v) is 10.9. The van der Waals surface area contributed by atoms with Crippen LogP contribution in [0.2, 0.25) is 0 Å². The summed E-state index contributed by atoms with van der Waals surface area (Å²) < 4.78 is 5.22. The highest BCUT2D eigenvalue weighted by Crippen LogP contribution is 2.22. The summed E-state index contributed by atoms with van der Waals surface area (Å²) in [5, 5.41) is 8.69. The molecule has 94 valence electrons. The van der Waals surface area contributed by atoms with E-state index in [9.17, 15) is 4.79 Å². The van der Waals surface area contributed by atoms with Gasteiger partial charge in [-0.25, -0.2) is 4.79 Å². The second-order valence-corrected chi connectivity index (χ2v) is 5.24. The minimum atomic E-state index is -0.934. The lowest BCUT2D eigenvalue weighted by Gasteiger charge is -2.19. The predicted molar refractivity (Wildman–Crippen MR) is 67.0 cm³/mol. The molecule has 17 heavy (non-hydrogen) atoms. The molecular formula is C14H20O3. The van der Waals surface area contributed by atoms with E-state index in [1.54, 1.807) is 0 Å². The molecule has 0 amide bonds. The summed E-state index contributed by atoms with van der Waals surface area (Å²) in [4.78, 5) is 10.6. The predicted octanol–water partition coefficient (Wildman–Crippen LogP) is 2.97. The van der Waals surface area contributed by atoms with Gasteiger partial charge in [-0.2, -0.15) is 0 Å². The summed E-state index contributed by atoms with van der Waals surface area (Å²) in [6.45, 7) is 8.34. The molecule has 1 atom stereocenters. The fourth-order valence-corrected chi connectivity index (χ4v) is 1.39. The van der Waals surface area contributed by atoms with Gasteiger partial charge in [0.1, 0.15) is 0 Å². The highest BCUT2D eigenvalue weighted by Gasteiger charge is 2.14. The van der Waals surface area contributed by atoms with Gasteiger partial charge in [-0.1, -0.05) is 45.0 Å². The Morgan fingerprint density at radius 1 is 1.29 bits per heavy atom. The maximum atomic E-state index is 10.6. The third kappa shape index (κ3) is 4.19. The molecule has 0 saturated heterocycles. The SMILES string of the molecule is C[C@H](OCc1ccc(C(C)(C)C)cc1)C(=O)O. The van der Waals surface area contributed by atoms with Crippen LogP contribution in [0.15, 0.2) is 24.3 Å². The van der Waals surface area contributed by atoms with Gasteiger partial charge < -0.3 is 9.84 Å². The van der Waals surface area contributed by atoms with Gasteiger partial charge in [0.2, 0.25) is 0 Å². The van der Waals surface area contributed by atoms with Gasteiger partial charge in [0, 0.05) is 0 Å². The van der Waals surface area contributed by atoms with Crippen LogP contribution in [-0.2, 0) is 21.6 Å². The van der Waals surface area contributed by atoms with E-state index in [1.165, 1.54) is 12.5 Å². The lowest BCUT2D eigenvalue weighted by molar-refractivity contribution is -0.149. The molecule has 0 saturated carbocycles. The van der Waals surface area contributed by atoms with Gasteiger partial charge in [-0.15, -0.1) is 0 Å². The summed E-state index contributed by atoms with van der Waals surface area (Å²) in [5.74, 6) is -0.934. The van der Waals surface area contributed by atoms with E-state index >= 15 is 0 Å². The Morgan fingerprint density at radius 2 is 1.82 bits per heavy atom. The van der Waals surface area contributed by atoms with Crippen LogP contribution in [-0.4, -0.2) is 17.2 Å². The highest BCUT2D eigenvalue weighted by molar-refractivity contribution is 5.71. The van der Waals surface area contributed by atoms with Crippen molar-refractivity contribution >= 4 is 5.97 Å². The van der Waals surface area contributed by atoms with Crippen LogP contribution in [0.1, 0.15) is 38.8 Å². The van der Waals surface area contributed by atoms with Gasteiger partial charge in [-0.3, -0.25) is 0 Å². The van der Waals surface area contributed by atoms with Crippen molar-refractivity contribution in [2.24, 2.45) is 0 Å². The van der Waals surface area contributed by atoms with Crippen molar-refractivity contribution < 1.29 is 14.6 Å². The molecule has 1 rings (SSSR count). The van der Waals surface area contributed by atoms with Gasteiger partial charge in [-0.05, 0) is 23.5 Å². The van der Waals surface area contributed by atoms with Gasteiger partial charge in [0.25, 0.3) is 0 Å². The van der Waals surface area contributed by atoms with Gasteiger partial charge >= 0.3 is 5.97 Å². The van der Waals surface area contributed by atoms with E-state index in [4.69, 9.17) is 9.84 Å². The van der Waals surface area contributed by atoms with E-state index in [0.29, 0.717) is 6.61 Å². The summed E-state index contributed by atoms with van der Waals surface area (Å²) in [6, 6.07) is 8.08. The first-order valence-corrected chi connectivity index (χ1v) is 5.74. The Morgan fingerprint density at radius 3 is 2.24 bits per heavy atom. The van der Waals surface area contributed by atoms with Crippen LogP contribution in [0.25, 0.3) is 0 Å².